The topological polar surface area (TPSA) is 95.6 Å². The third kappa shape index (κ3) is 6.10. The molecule has 1 aliphatic heterocycles. The molecule has 33 heavy (non-hydrogen) atoms. The highest BCUT2D eigenvalue weighted by atomic mass is 32.2. The number of halogens is 1. The van der Waals surface area contributed by atoms with Crippen LogP contribution in [0, 0.1) is 18.2 Å². The summed E-state index contributed by atoms with van der Waals surface area (Å²) in [5.41, 5.74) is 0.694. The lowest BCUT2D eigenvalue weighted by atomic mass is 9.93. The maximum atomic E-state index is 13.1. The van der Waals surface area contributed by atoms with Gasteiger partial charge < -0.3 is 10.2 Å². The summed E-state index contributed by atoms with van der Waals surface area (Å²) in [6, 6.07) is 9.22. The summed E-state index contributed by atoms with van der Waals surface area (Å²) in [7, 11) is -3.96. The van der Waals surface area contributed by atoms with Gasteiger partial charge in [-0.3, -0.25) is 14.3 Å². The van der Waals surface area contributed by atoms with E-state index in [0.717, 1.165) is 12.1 Å². The summed E-state index contributed by atoms with van der Waals surface area (Å²) in [6.45, 7) is 8.53. The number of amides is 2. The van der Waals surface area contributed by atoms with Crippen LogP contribution < -0.4 is 10.0 Å². The first-order chi connectivity index (χ1) is 15.4. The van der Waals surface area contributed by atoms with Crippen molar-refractivity contribution in [2.75, 3.05) is 17.8 Å². The van der Waals surface area contributed by atoms with Crippen molar-refractivity contribution in [3.05, 3.63) is 59.4 Å². The molecule has 2 amide bonds. The van der Waals surface area contributed by atoms with Crippen LogP contribution in [-0.2, 0) is 14.8 Å². The highest BCUT2D eigenvalue weighted by molar-refractivity contribution is 7.92. The fraction of sp³-hybridized carbons (Fsp3) is 0.417. The summed E-state index contributed by atoms with van der Waals surface area (Å²) in [6.07, 6.45) is 1.27. The Morgan fingerprint density at radius 3 is 2.21 bits per heavy atom. The van der Waals surface area contributed by atoms with E-state index < -0.39 is 21.3 Å². The number of nitrogens with one attached hydrogen (secondary N) is 2. The lowest BCUT2D eigenvalue weighted by Crippen LogP contribution is -2.49. The minimum Gasteiger partial charge on any atom is -0.349 e. The van der Waals surface area contributed by atoms with Crippen LogP contribution in [0.5, 0.6) is 0 Å². The van der Waals surface area contributed by atoms with Crippen LogP contribution in [0.4, 0.5) is 10.1 Å². The first-order valence-electron chi connectivity index (χ1n) is 10.9. The molecule has 0 bridgehead atoms. The Labute approximate surface area is 194 Å². The van der Waals surface area contributed by atoms with Crippen LogP contribution >= 0.6 is 0 Å². The molecule has 1 fully saturated rings. The van der Waals surface area contributed by atoms with Crippen molar-refractivity contribution in [3.63, 3.8) is 0 Å². The van der Waals surface area contributed by atoms with Gasteiger partial charge in [-0.1, -0.05) is 26.8 Å². The van der Waals surface area contributed by atoms with Gasteiger partial charge in [-0.05, 0) is 61.7 Å². The zero-order valence-electron chi connectivity index (χ0n) is 19.3. The number of rotatable bonds is 5. The van der Waals surface area contributed by atoms with Gasteiger partial charge in [0.2, 0.25) is 5.91 Å². The molecule has 0 unspecified atom stereocenters. The number of benzene rings is 2. The van der Waals surface area contributed by atoms with Gasteiger partial charge in [-0.15, -0.1) is 0 Å². The first kappa shape index (κ1) is 24.7. The van der Waals surface area contributed by atoms with Crippen LogP contribution in [-0.4, -0.2) is 44.3 Å². The molecular formula is C24H30FN3O4S. The minimum atomic E-state index is -3.96. The van der Waals surface area contributed by atoms with Crippen LogP contribution in [0.15, 0.2) is 47.4 Å². The predicted octanol–water partition coefficient (Wildman–Crippen LogP) is 3.70. The summed E-state index contributed by atoms with van der Waals surface area (Å²) >= 11 is 0. The van der Waals surface area contributed by atoms with Crippen LogP contribution in [0.2, 0.25) is 0 Å². The van der Waals surface area contributed by atoms with Crippen molar-refractivity contribution < 1.29 is 22.4 Å². The van der Waals surface area contributed by atoms with Crippen molar-refractivity contribution in [1.29, 1.82) is 0 Å². The van der Waals surface area contributed by atoms with E-state index in [0.29, 0.717) is 31.5 Å². The number of piperidine rings is 1. The number of anilines is 1. The molecule has 0 radical (unpaired) electrons. The number of hydrogen-bond acceptors (Lipinski definition) is 4. The van der Waals surface area contributed by atoms with Gasteiger partial charge in [0.05, 0.1) is 4.90 Å². The van der Waals surface area contributed by atoms with E-state index in [1.54, 1.807) is 13.0 Å². The highest BCUT2D eigenvalue weighted by Crippen LogP contribution is 2.23. The molecule has 178 valence electrons. The van der Waals surface area contributed by atoms with Gasteiger partial charge in [-0.25, -0.2) is 12.8 Å². The molecule has 2 aromatic rings. The zero-order chi connectivity index (χ0) is 24.4. The molecule has 0 saturated carbocycles. The summed E-state index contributed by atoms with van der Waals surface area (Å²) in [4.78, 5) is 27.1. The smallest absolute Gasteiger partial charge is 0.261 e. The molecule has 9 heteroatoms. The predicted molar refractivity (Wildman–Crippen MR) is 125 cm³/mol. The monoisotopic (exact) mass is 475 g/mol. The summed E-state index contributed by atoms with van der Waals surface area (Å²) in [5, 5.41) is 2.97. The Morgan fingerprint density at radius 2 is 1.64 bits per heavy atom. The second-order valence-electron chi connectivity index (χ2n) is 9.38. The second kappa shape index (κ2) is 9.51. The first-order valence-corrected chi connectivity index (χ1v) is 12.3. The average Bonchev–Trinajstić information content (AvgIpc) is 2.74. The number of carbonyl (C=O) groups is 2. The van der Waals surface area contributed by atoms with E-state index in [9.17, 15) is 22.4 Å². The van der Waals surface area contributed by atoms with Gasteiger partial charge in [0.15, 0.2) is 0 Å². The van der Waals surface area contributed by atoms with E-state index in [2.05, 4.69) is 10.0 Å². The van der Waals surface area contributed by atoms with Gasteiger partial charge in [0.25, 0.3) is 15.9 Å². The quantitative estimate of drug-likeness (QED) is 0.689. The number of aryl methyl sites for hydroxylation is 1. The zero-order valence-corrected chi connectivity index (χ0v) is 20.1. The Hall–Kier alpha value is -2.94. The number of nitrogens with zero attached hydrogens (tertiary/aromatic N) is 1. The van der Waals surface area contributed by atoms with Crippen molar-refractivity contribution in [2.45, 2.75) is 51.5 Å². The summed E-state index contributed by atoms with van der Waals surface area (Å²) in [5.74, 6) is -0.734. The third-order valence-electron chi connectivity index (χ3n) is 5.62. The molecule has 1 aliphatic rings. The lowest BCUT2D eigenvalue weighted by Gasteiger charge is -2.36. The molecule has 0 spiro atoms. The molecule has 2 N–H and O–H groups in total. The second-order valence-corrected chi connectivity index (χ2v) is 11.1. The lowest BCUT2D eigenvalue weighted by molar-refractivity contribution is -0.140. The van der Waals surface area contributed by atoms with Crippen molar-refractivity contribution >= 4 is 27.5 Å². The van der Waals surface area contributed by atoms with Gasteiger partial charge in [-0.2, -0.15) is 0 Å². The highest BCUT2D eigenvalue weighted by Gasteiger charge is 2.31. The molecule has 1 saturated heterocycles. The maximum Gasteiger partial charge on any atom is 0.261 e. The Morgan fingerprint density at radius 1 is 1.03 bits per heavy atom. The van der Waals surface area contributed by atoms with E-state index in [1.165, 1.54) is 24.3 Å². The van der Waals surface area contributed by atoms with Crippen molar-refractivity contribution in [1.82, 2.24) is 10.2 Å². The molecule has 0 aromatic heterocycles. The molecule has 0 aliphatic carbocycles. The van der Waals surface area contributed by atoms with Crippen LogP contribution in [0.3, 0.4) is 0 Å². The molecule has 0 atom stereocenters. The fourth-order valence-electron chi connectivity index (χ4n) is 3.71. The Bertz CT molecular complexity index is 1130. The van der Waals surface area contributed by atoms with Gasteiger partial charge >= 0.3 is 0 Å². The van der Waals surface area contributed by atoms with Crippen molar-refractivity contribution in [2.24, 2.45) is 5.41 Å². The number of hydrogen-bond donors (Lipinski definition) is 2. The standard InChI is InChI=1S/C24H30FN3O4S/c1-16-5-10-20(33(31,32)27-19-8-6-17(25)7-9-19)15-21(16)22(29)26-18-11-13-28(14-12-18)23(30)24(2,3)4/h5-10,15,18,27H,11-14H2,1-4H3,(H,26,29). The average molecular weight is 476 g/mol. The molecular weight excluding hydrogens is 445 g/mol. The van der Waals surface area contributed by atoms with Crippen molar-refractivity contribution in [3.8, 4) is 0 Å². The molecule has 7 nitrogen and oxygen atoms in total. The maximum absolute atomic E-state index is 13.1. The molecule has 3 rings (SSSR count). The normalized spacial score (nSPS) is 15.2. The van der Waals surface area contributed by atoms with E-state index in [1.807, 2.05) is 25.7 Å². The number of carbonyl (C=O) groups excluding carboxylic acids is 2. The van der Waals surface area contributed by atoms with Gasteiger partial charge in [0, 0.05) is 35.8 Å². The van der Waals surface area contributed by atoms with E-state index in [-0.39, 0.29) is 34.0 Å². The van der Waals surface area contributed by atoms with E-state index in [4.69, 9.17) is 0 Å². The SMILES string of the molecule is Cc1ccc(S(=O)(=O)Nc2ccc(F)cc2)cc1C(=O)NC1CCN(C(=O)C(C)(C)C)CC1. The number of sulfonamides is 1. The molecule has 2 aromatic carbocycles. The summed E-state index contributed by atoms with van der Waals surface area (Å²) < 4.78 is 41.0. The molecule has 1 heterocycles. The fourth-order valence-corrected chi connectivity index (χ4v) is 4.79. The van der Waals surface area contributed by atoms with Crippen LogP contribution in [0.25, 0.3) is 0 Å². The Kier molecular flexibility index (Phi) is 7.11. The Balaban J connectivity index is 1.68. The largest absolute Gasteiger partial charge is 0.349 e. The minimum absolute atomic E-state index is 0.0619. The number of likely N-dealkylation sites (tertiary alicyclic amines) is 1. The van der Waals surface area contributed by atoms with E-state index >= 15 is 0 Å². The van der Waals surface area contributed by atoms with Crippen LogP contribution in [0.1, 0.15) is 49.5 Å². The third-order valence-corrected chi connectivity index (χ3v) is 7.00. The van der Waals surface area contributed by atoms with Gasteiger partial charge in [0.1, 0.15) is 5.82 Å².